The van der Waals surface area contributed by atoms with Gasteiger partial charge < -0.3 is 4.90 Å². The minimum Gasteiger partial charge on any atom is -0.332 e. The summed E-state index contributed by atoms with van der Waals surface area (Å²) >= 11 is 11.9. The highest BCUT2D eigenvalue weighted by Crippen LogP contribution is 2.30. The van der Waals surface area contributed by atoms with Crippen LogP contribution in [-0.4, -0.2) is 16.8 Å². The second-order valence-electron chi connectivity index (χ2n) is 4.45. The van der Waals surface area contributed by atoms with Crippen LogP contribution < -0.4 is 0 Å². The van der Waals surface area contributed by atoms with Gasteiger partial charge in [-0.05, 0) is 43.5 Å². The van der Waals surface area contributed by atoms with Crippen LogP contribution in [-0.2, 0) is 11.3 Å². The number of hydrogen-bond acceptors (Lipinski definition) is 1. The molecule has 1 aliphatic rings. The van der Waals surface area contributed by atoms with Crippen LogP contribution in [0, 0.1) is 0 Å². The van der Waals surface area contributed by atoms with Crippen molar-refractivity contribution >= 4 is 29.1 Å². The summed E-state index contributed by atoms with van der Waals surface area (Å²) in [4.78, 5) is 13.8. The van der Waals surface area contributed by atoms with Crippen molar-refractivity contribution in [1.29, 1.82) is 0 Å². The molecule has 2 nitrogen and oxygen atoms in total. The second-order valence-corrected chi connectivity index (χ2v) is 5.26. The number of hydrogen-bond donors (Lipinski definition) is 0. The average molecular weight is 284 g/mol. The number of amides is 1. The maximum Gasteiger partial charge on any atom is 0.246 e. The zero-order chi connectivity index (χ0) is 13.1. The summed E-state index contributed by atoms with van der Waals surface area (Å²) in [6.07, 6.45) is 5.55. The van der Waals surface area contributed by atoms with Crippen molar-refractivity contribution in [2.75, 3.05) is 0 Å². The summed E-state index contributed by atoms with van der Waals surface area (Å²) < 4.78 is 0. The molecule has 4 heteroatoms. The van der Waals surface area contributed by atoms with Gasteiger partial charge in [-0.15, -0.1) is 0 Å². The number of carbonyl (C=O) groups excluding carboxylic acids is 1. The molecule has 0 N–H and O–H groups in total. The predicted molar refractivity (Wildman–Crippen MR) is 74.8 cm³/mol. The standard InChI is InChI=1S/C14H15Cl2NO/c1-2-3-14(18)17(11-5-6-11)9-10-4-7-12(15)13(16)8-10/h2-4,7-8,11H,5-6,9H2,1H3. The predicted octanol–water partition coefficient (Wildman–Crippen LogP) is 4.06. The molecule has 0 saturated heterocycles. The summed E-state index contributed by atoms with van der Waals surface area (Å²) in [5.41, 5.74) is 1.01. The minimum atomic E-state index is 0.0612. The molecule has 2 rings (SSSR count). The lowest BCUT2D eigenvalue weighted by molar-refractivity contribution is -0.127. The van der Waals surface area contributed by atoms with E-state index in [-0.39, 0.29) is 5.91 Å². The van der Waals surface area contributed by atoms with Crippen molar-refractivity contribution in [1.82, 2.24) is 4.90 Å². The largest absolute Gasteiger partial charge is 0.332 e. The highest BCUT2D eigenvalue weighted by atomic mass is 35.5. The first-order valence-electron chi connectivity index (χ1n) is 5.99. The Morgan fingerprint density at radius 3 is 2.67 bits per heavy atom. The minimum absolute atomic E-state index is 0.0612. The Kier molecular flexibility index (Phi) is 4.31. The van der Waals surface area contributed by atoms with Crippen LogP contribution in [0.2, 0.25) is 10.0 Å². The van der Waals surface area contributed by atoms with Gasteiger partial charge in [0.1, 0.15) is 0 Å². The number of benzene rings is 1. The molecule has 0 aromatic heterocycles. The molecular formula is C14H15Cl2NO. The molecule has 1 fully saturated rings. The maximum absolute atomic E-state index is 12.0. The van der Waals surface area contributed by atoms with Crippen LogP contribution in [0.25, 0.3) is 0 Å². The molecule has 0 unspecified atom stereocenters. The van der Waals surface area contributed by atoms with Crippen molar-refractivity contribution in [2.45, 2.75) is 32.4 Å². The van der Waals surface area contributed by atoms with E-state index in [0.717, 1.165) is 18.4 Å². The first kappa shape index (κ1) is 13.4. The summed E-state index contributed by atoms with van der Waals surface area (Å²) in [5, 5.41) is 1.07. The van der Waals surface area contributed by atoms with Gasteiger partial charge in [0, 0.05) is 12.6 Å². The lowest BCUT2D eigenvalue weighted by Crippen LogP contribution is -2.31. The molecule has 96 valence electrons. The lowest BCUT2D eigenvalue weighted by atomic mass is 10.2. The van der Waals surface area contributed by atoms with Gasteiger partial charge in [-0.1, -0.05) is 35.3 Å². The Labute approximate surface area is 117 Å². The van der Waals surface area contributed by atoms with Crippen LogP contribution in [0.3, 0.4) is 0 Å². The lowest BCUT2D eigenvalue weighted by Gasteiger charge is -2.21. The Morgan fingerprint density at radius 1 is 1.39 bits per heavy atom. The molecule has 0 radical (unpaired) electrons. The quantitative estimate of drug-likeness (QED) is 0.763. The molecule has 1 aliphatic carbocycles. The van der Waals surface area contributed by atoms with Gasteiger partial charge in [-0.3, -0.25) is 4.79 Å². The van der Waals surface area contributed by atoms with Gasteiger partial charge >= 0.3 is 0 Å². The van der Waals surface area contributed by atoms with Crippen molar-refractivity contribution in [3.05, 3.63) is 46.0 Å². The molecule has 0 spiro atoms. The highest BCUT2D eigenvalue weighted by Gasteiger charge is 2.31. The molecule has 1 aromatic rings. The van der Waals surface area contributed by atoms with E-state index in [1.54, 1.807) is 18.2 Å². The molecule has 0 heterocycles. The maximum atomic E-state index is 12.0. The van der Waals surface area contributed by atoms with Gasteiger partial charge in [0.15, 0.2) is 0 Å². The number of carbonyl (C=O) groups is 1. The zero-order valence-electron chi connectivity index (χ0n) is 10.2. The van der Waals surface area contributed by atoms with E-state index in [0.29, 0.717) is 22.6 Å². The Bertz CT molecular complexity index is 481. The van der Waals surface area contributed by atoms with Crippen molar-refractivity contribution in [2.24, 2.45) is 0 Å². The van der Waals surface area contributed by atoms with Crippen LogP contribution in [0.1, 0.15) is 25.3 Å². The van der Waals surface area contributed by atoms with E-state index in [4.69, 9.17) is 23.2 Å². The Morgan fingerprint density at radius 2 is 2.11 bits per heavy atom. The second kappa shape index (κ2) is 5.77. The van der Waals surface area contributed by atoms with Crippen molar-refractivity contribution in [3.8, 4) is 0 Å². The highest BCUT2D eigenvalue weighted by molar-refractivity contribution is 6.42. The molecular weight excluding hydrogens is 269 g/mol. The van der Waals surface area contributed by atoms with Crippen LogP contribution >= 0.6 is 23.2 Å². The fraction of sp³-hybridized carbons (Fsp3) is 0.357. The smallest absolute Gasteiger partial charge is 0.246 e. The Balaban J connectivity index is 2.13. The summed E-state index contributed by atoms with van der Waals surface area (Å²) in [7, 11) is 0. The molecule has 0 atom stereocenters. The molecule has 0 bridgehead atoms. The molecule has 1 amide bonds. The van der Waals surface area contributed by atoms with Crippen LogP contribution in [0.4, 0.5) is 0 Å². The van der Waals surface area contributed by atoms with Crippen molar-refractivity contribution in [3.63, 3.8) is 0 Å². The van der Waals surface area contributed by atoms with E-state index in [2.05, 4.69) is 0 Å². The van der Waals surface area contributed by atoms with Crippen molar-refractivity contribution < 1.29 is 4.79 Å². The van der Waals surface area contributed by atoms with Crippen LogP contribution in [0.5, 0.6) is 0 Å². The summed E-state index contributed by atoms with van der Waals surface area (Å²) in [6.45, 7) is 2.44. The fourth-order valence-electron chi connectivity index (χ4n) is 1.85. The molecule has 18 heavy (non-hydrogen) atoms. The summed E-state index contributed by atoms with van der Waals surface area (Å²) in [6, 6.07) is 5.88. The normalized spacial score (nSPS) is 15.1. The topological polar surface area (TPSA) is 20.3 Å². The van der Waals surface area contributed by atoms with E-state index in [1.807, 2.05) is 24.0 Å². The van der Waals surface area contributed by atoms with E-state index in [9.17, 15) is 4.79 Å². The number of allylic oxidation sites excluding steroid dienone is 1. The summed E-state index contributed by atoms with van der Waals surface area (Å²) in [5.74, 6) is 0.0612. The first-order chi connectivity index (χ1) is 8.61. The molecule has 0 aliphatic heterocycles. The monoisotopic (exact) mass is 283 g/mol. The fourth-order valence-corrected chi connectivity index (χ4v) is 2.17. The van der Waals surface area contributed by atoms with Gasteiger partial charge in [-0.25, -0.2) is 0 Å². The molecule has 1 saturated carbocycles. The molecule has 1 aromatic carbocycles. The van der Waals surface area contributed by atoms with E-state index in [1.165, 1.54) is 0 Å². The van der Waals surface area contributed by atoms with Crippen LogP contribution in [0.15, 0.2) is 30.4 Å². The number of rotatable bonds is 4. The van der Waals surface area contributed by atoms with E-state index < -0.39 is 0 Å². The zero-order valence-corrected chi connectivity index (χ0v) is 11.7. The number of halogens is 2. The third-order valence-corrected chi connectivity index (χ3v) is 3.66. The Hall–Kier alpha value is -0.990. The number of nitrogens with zero attached hydrogens (tertiary/aromatic N) is 1. The third-order valence-electron chi connectivity index (χ3n) is 2.92. The van der Waals surface area contributed by atoms with Gasteiger partial charge in [0.05, 0.1) is 10.0 Å². The van der Waals surface area contributed by atoms with Gasteiger partial charge in [0.2, 0.25) is 5.91 Å². The van der Waals surface area contributed by atoms with Gasteiger partial charge in [0.25, 0.3) is 0 Å². The first-order valence-corrected chi connectivity index (χ1v) is 6.74. The van der Waals surface area contributed by atoms with Gasteiger partial charge in [-0.2, -0.15) is 0 Å². The average Bonchev–Trinajstić information content (AvgIpc) is 3.15. The SMILES string of the molecule is CC=CC(=O)N(Cc1ccc(Cl)c(Cl)c1)C1CC1. The third kappa shape index (κ3) is 3.27. The van der Waals surface area contributed by atoms with E-state index >= 15 is 0 Å².